The first-order valence-electron chi connectivity index (χ1n) is 7.90. The standard InChI is InChI=1S/C17H20N4O3/c1-12-20-16(21-24-12)11-23-15-5-3-2-4-14(15)17(22)19-10-13-6-8-18-9-7-13/h2-6,18H,7-11H2,1H3,(H,19,22). The zero-order valence-corrected chi connectivity index (χ0v) is 13.5. The summed E-state index contributed by atoms with van der Waals surface area (Å²) in [6.07, 6.45) is 3.07. The van der Waals surface area contributed by atoms with Crippen LogP contribution in [0.5, 0.6) is 5.75 Å². The van der Waals surface area contributed by atoms with Crippen LogP contribution in [0.2, 0.25) is 0 Å². The molecule has 0 bridgehead atoms. The molecule has 1 aliphatic heterocycles. The van der Waals surface area contributed by atoms with E-state index in [1.54, 1.807) is 19.1 Å². The van der Waals surface area contributed by atoms with Gasteiger partial charge in [0.25, 0.3) is 5.91 Å². The van der Waals surface area contributed by atoms with E-state index in [0.717, 1.165) is 19.5 Å². The third-order valence-corrected chi connectivity index (χ3v) is 3.69. The van der Waals surface area contributed by atoms with E-state index in [2.05, 4.69) is 26.9 Å². The summed E-state index contributed by atoms with van der Waals surface area (Å²) in [7, 11) is 0. The van der Waals surface area contributed by atoms with Gasteiger partial charge in [0.2, 0.25) is 11.7 Å². The van der Waals surface area contributed by atoms with E-state index in [-0.39, 0.29) is 12.5 Å². The molecule has 0 fully saturated rings. The molecule has 7 nitrogen and oxygen atoms in total. The number of hydrogen-bond acceptors (Lipinski definition) is 6. The zero-order chi connectivity index (χ0) is 16.8. The number of nitrogens with zero attached hydrogens (tertiary/aromatic N) is 2. The Hall–Kier alpha value is -2.67. The molecule has 0 saturated heterocycles. The van der Waals surface area contributed by atoms with Crippen LogP contribution >= 0.6 is 0 Å². The topological polar surface area (TPSA) is 89.3 Å². The van der Waals surface area contributed by atoms with Gasteiger partial charge in [-0.3, -0.25) is 4.79 Å². The Labute approximate surface area is 140 Å². The minimum atomic E-state index is -0.158. The van der Waals surface area contributed by atoms with Gasteiger partial charge in [0, 0.05) is 20.0 Å². The SMILES string of the molecule is Cc1nc(COc2ccccc2C(=O)NCC2=CCNCC2)no1. The first-order valence-corrected chi connectivity index (χ1v) is 7.90. The highest BCUT2D eigenvalue weighted by atomic mass is 16.5. The number of amides is 1. The van der Waals surface area contributed by atoms with Gasteiger partial charge in [0.1, 0.15) is 5.75 Å². The number of hydrogen-bond donors (Lipinski definition) is 2. The molecule has 1 amide bonds. The highest BCUT2D eigenvalue weighted by Crippen LogP contribution is 2.19. The second-order valence-corrected chi connectivity index (χ2v) is 5.51. The molecule has 0 atom stereocenters. The Morgan fingerprint density at radius 2 is 2.29 bits per heavy atom. The average molecular weight is 328 g/mol. The summed E-state index contributed by atoms with van der Waals surface area (Å²) in [5.41, 5.74) is 1.73. The van der Waals surface area contributed by atoms with Crippen molar-refractivity contribution in [2.24, 2.45) is 0 Å². The fraction of sp³-hybridized carbons (Fsp3) is 0.353. The summed E-state index contributed by atoms with van der Waals surface area (Å²) in [6.45, 7) is 4.23. The Kier molecular flexibility index (Phi) is 5.22. The van der Waals surface area contributed by atoms with Crippen molar-refractivity contribution in [3.05, 3.63) is 53.2 Å². The lowest BCUT2D eigenvalue weighted by Gasteiger charge is -2.15. The van der Waals surface area contributed by atoms with Crippen molar-refractivity contribution in [3.63, 3.8) is 0 Å². The number of aromatic nitrogens is 2. The minimum absolute atomic E-state index is 0.151. The van der Waals surface area contributed by atoms with Crippen LogP contribution in [0.15, 0.2) is 40.4 Å². The first-order chi connectivity index (χ1) is 11.7. The van der Waals surface area contributed by atoms with Crippen molar-refractivity contribution in [2.45, 2.75) is 20.0 Å². The lowest BCUT2D eigenvalue weighted by Crippen LogP contribution is -2.29. The van der Waals surface area contributed by atoms with E-state index < -0.39 is 0 Å². The van der Waals surface area contributed by atoms with Crippen molar-refractivity contribution in [1.82, 2.24) is 20.8 Å². The van der Waals surface area contributed by atoms with Crippen LogP contribution in [0, 0.1) is 6.92 Å². The average Bonchev–Trinajstić information content (AvgIpc) is 3.04. The van der Waals surface area contributed by atoms with Gasteiger partial charge in [0.05, 0.1) is 5.56 Å². The van der Waals surface area contributed by atoms with Gasteiger partial charge in [-0.15, -0.1) is 0 Å². The fourth-order valence-corrected chi connectivity index (χ4v) is 2.44. The van der Waals surface area contributed by atoms with Crippen molar-refractivity contribution >= 4 is 5.91 Å². The van der Waals surface area contributed by atoms with E-state index >= 15 is 0 Å². The molecule has 0 aliphatic carbocycles. The molecule has 2 N–H and O–H groups in total. The maximum atomic E-state index is 12.4. The molecule has 1 aromatic carbocycles. The summed E-state index contributed by atoms with van der Waals surface area (Å²) in [6, 6.07) is 7.13. The molecule has 0 spiro atoms. The fourth-order valence-electron chi connectivity index (χ4n) is 2.44. The molecular weight excluding hydrogens is 308 g/mol. The Morgan fingerprint density at radius 3 is 3.04 bits per heavy atom. The van der Waals surface area contributed by atoms with Crippen molar-refractivity contribution in [2.75, 3.05) is 19.6 Å². The van der Waals surface area contributed by atoms with Gasteiger partial charge in [0.15, 0.2) is 6.61 Å². The number of carbonyl (C=O) groups excluding carboxylic acids is 1. The second-order valence-electron chi connectivity index (χ2n) is 5.51. The largest absolute Gasteiger partial charge is 0.485 e. The van der Waals surface area contributed by atoms with Gasteiger partial charge in [-0.2, -0.15) is 4.98 Å². The quantitative estimate of drug-likeness (QED) is 0.783. The summed E-state index contributed by atoms with van der Waals surface area (Å²) < 4.78 is 10.6. The molecule has 0 radical (unpaired) electrons. The lowest BCUT2D eigenvalue weighted by molar-refractivity contribution is 0.0952. The summed E-state index contributed by atoms with van der Waals surface area (Å²) in [5.74, 6) is 1.27. The van der Waals surface area contributed by atoms with Crippen LogP contribution in [-0.2, 0) is 6.61 Å². The monoisotopic (exact) mass is 328 g/mol. The molecule has 126 valence electrons. The predicted octanol–water partition coefficient (Wildman–Crippen LogP) is 1.61. The van der Waals surface area contributed by atoms with Gasteiger partial charge in [-0.25, -0.2) is 0 Å². The van der Waals surface area contributed by atoms with Crippen LogP contribution in [0.25, 0.3) is 0 Å². The number of aryl methyl sites for hydroxylation is 1. The minimum Gasteiger partial charge on any atom is -0.485 e. The molecule has 3 rings (SSSR count). The van der Waals surface area contributed by atoms with E-state index in [1.807, 2.05) is 12.1 Å². The smallest absolute Gasteiger partial charge is 0.255 e. The lowest BCUT2D eigenvalue weighted by atomic mass is 10.1. The highest BCUT2D eigenvalue weighted by molar-refractivity contribution is 5.97. The Bertz CT molecular complexity index is 739. The molecule has 1 aliphatic rings. The number of benzene rings is 1. The third kappa shape index (κ3) is 4.20. The van der Waals surface area contributed by atoms with Crippen LogP contribution in [0.4, 0.5) is 0 Å². The molecule has 1 aromatic heterocycles. The molecule has 0 unspecified atom stereocenters. The third-order valence-electron chi connectivity index (χ3n) is 3.69. The molecule has 0 saturated carbocycles. The van der Waals surface area contributed by atoms with Gasteiger partial charge in [-0.1, -0.05) is 28.9 Å². The van der Waals surface area contributed by atoms with Crippen LogP contribution in [0.3, 0.4) is 0 Å². The van der Waals surface area contributed by atoms with Gasteiger partial charge >= 0.3 is 0 Å². The van der Waals surface area contributed by atoms with Gasteiger partial charge < -0.3 is 19.9 Å². The molecular formula is C17H20N4O3. The molecule has 7 heteroatoms. The Balaban J connectivity index is 1.62. The van der Waals surface area contributed by atoms with Crippen LogP contribution in [0.1, 0.15) is 28.5 Å². The second kappa shape index (κ2) is 7.74. The van der Waals surface area contributed by atoms with E-state index in [9.17, 15) is 4.79 Å². The molecule has 24 heavy (non-hydrogen) atoms. The van der Waals surface area contributed by atoms with Crippen LogP contribution < -0.4 is 15.4 Å². The zero-order valence-electron chi connectivity index (χ0n) is 13.5. The number of para-hydroxylation sites is 1. The predicted molar refractivity (Wildman–Crippen MR) is 87.7 cm³/mol. The first kappa shape index (κ1) is 16.2. The van der Waals surface area contributed by atoms with E-state index in [0.29, 0.717) is 29.6 Å². The normalized spacial score (nSPS) is 14.1. The summed E-state index contributed by atoms with van der Waals surface area (Å²) in [5, 5.41) is 9.97. The summed E-state index contributed by atoms with van der Waals surface area (Å²) >= 11 is 0. The highest BCUT2D eigenvalue weighted by Gasteiger charge is 2.14. The summed E-state index contributed by atoms with van der Waals surface area (Å²) in [4.78, 5) is 16.5. The van der Waals surface area contributed by atoms with E-state index in [1.165, 1.54) is 5.57 Å². The maximum Gasteiger partial charge on any atom is 0.255 e. The molecule has 2 aromatic rings. The maximum absolute atomic E-state index is 12.4. The van der Waals surface area contributed by atoms with Gasteiger partial charge in [-0.05, 0) is 25.1 Å². The number of carbonyl (C=O) groups is 1. The van der Waals surface area contributed by atoms with E-state index in [4.69, 9.17) is 9.26 Å². The number of nitrogens with one attached hydrogen (secondary N) is 2. The van der Waals surface area contributed by atoms with Crippen molar-refractivity contribution < 1.29 is 14.1 Å². The van der Waals surface area contributed by atoms with Crippen molar-refractivity contribution in [1.29, 1.82) is 0 Å². The molecule has 2 heterocycles. The number of ether oxygens (including phenoxy) is 1. The van der Waals surface area contributed by atoms with Crippen molar-refractivity contribution in [3.8, 4) is 5.75 Å². The number of rotatable bonds is 6. The Morgan fingerprint density at radius 1 is 1.42 bits per heavy atom. The van der Waals surface area contributed by atoms with Crippen LogP contribution in [-0.4, -0.2) is 35.7 Å².